The Labute approximate surface area is 190 Å². The molecule has 1 N–H and O–H groups in total. The number of amides is 1. The molecule has 0 bridgehead atoms. The van der Waals surface area contributed by atoms with Gasteiger partial charge in [-0.25, -0.2) is 13.2 Å². The van der Waals surface area contributed by atoms with Crippen LogP contribution in [0.2, 0.25) is 0 Å². The number of aryl methyl sites for hydroxylation is 1. The molecule has 1 atom stereocenters. The molecule has 0 saturated heterocycles. The van der Waals surface area contributed by atoms with Crippen molar-refractivity contribution >= 4 is 33.1 Å². The van der Waals surface area contributed by atoms with Crippen molar-refractivity contribution < 1.29 is 27.7 Å². The van der Waals surface area contributed by atoms with Crippen molar-refractivity contribution in [3.8, 4) is 0 Å². The maximum atomic E-state index is 12.9. The van der Waals surface area contributed by atoms with Gasteiger partial charge in [-0.1, -0.05) is 48.0 Å². The van der Waals surface area contributed by atoms with Crippen molar-refractivity contribution in [3.63, 3.8) is 0 Å². The summed E-state index contributed by atoms with van der Waals surface area (Å²) >= 11 is 0. The summed E-state index contributed by atoms with van der Waals surface area (Å²) in [7, 11) is -3.90. The maximum Gasteiger partial charge on any atom is 0.339 e. The zero-order chi connectivity index (χ0) is 24.2. The number of nitrogens with one attached hydrogen (secondary N) is 1. The molecule has 3 aromatic rings. The predicted molar refractivity (Wildman–Crippen MR) is 121 cm³/mol. The van der Waals surface area contributed by atoms with Crippen molar-refractivity contribution in [1.82, 2.24) is 0 Å². The van der Waals surface area contributed by atoms with Crippen LogP contribution in [0.5, 0.6) is 0 Å². The van der Waals surface area contributed by atoms with Crippen LogP contribution in [0.1, 0.15) is 27.6 Å². The molecule has 0 unspecified atom stereocenters. The summed E-state index contributed by atoms with van der Waals surface area (Å²) in [5, 5.41) is 14.0. The summed E-state index contributed by atoms with van der Waals surface area (Å²) in [6, 6.07) is 18.2. The van der Waals surface area contributed by atoms with Crippen LogP contribution in [0.4, 0.5) is 11.4 Å². The van der Waals surface area contributed by atoms with E-state index in [4.69, 9.17) is 4.74 Å². The second-order valence-corrected chi connectivity index (χ2v) is 9.25. The van der Waals surface area contributed by atoms with E-state index in [0.29, 0.717) is 11.3 Å². The standard InChI is InChI=1S/C23H20N2O7S/c1-15-8-11-18(12-9-15)24-22(26)21(16-6-4-3-5-7-16)32-23(27)17-10-13-20(33(2,30)31)19(14-17)25(28)29/h3-14,21H,1-2H3,(H,24,26)/t21-/m0/s1. The molecule has 33 heavy (non-hydrogen) atoms. The highest BCUT2D eigenvalue weighted by Gasteiger charge is 2.28. The fourth-order valence-electron chi connectivity index (χ4n) is 3.02. The Morgan fingerprint density at radius 1 is 1.00 bits per heavy atom. The number of carbonyl (C=O) groups is 2. The number of anilines is 1. The van der Waals surface area contributed by atoms with E-state index in [2.05, 4.69) is 5.32 Å². The number of rotatable bonds is 7. The number of nitro benzene ring substituents is 1. The summed E-state index contributed by atoms with van der Waals surface area (Å²) in [6.45, 7) is 1.90. The van der Waals surface area contributed by atoms with Crippen LogP contribution in [0.15, 0.2) is 77.7 Å². The summed E-state index contributed by atoms with van der Waals surface area (Å²) in [5.74, 6) is -1.65. The number of carbonyl (C=O) groups excluding carboxylic acids is 2. The highest BCUT2D eigenvalue weighted by atomic mass is 32.2. The molecule has 3 rings (SSSR count). The molecule has 0 aromatic heterocycles. The molecule has 0 aliphatic carbocycles. The minimum absolute atomic E-state index is 0.266. The summed E-state index contributed by atoms with van der Waals surface area (Å²) in [5.41, 5.74) is 0.858. The van der Waals surface area contributed by atoms with Crippen molar-refractivity contribution in [2.24, 2.45) is 0 Å². The van der Waals surface area contributed by atoms with Gasteiger partial charge in [0.1, 0.15) is 4.90 Å². The average Bonchev–Trinajstić information content (AvgIpc) is 2.78. The van der Waals surface area contributed by atoms with Gasteiger partial charge in [-0.05, 0) is 31.2 Å². The van der Waals surface area contributed by atoms with Crippen LogP contribution in [0.3, 0.4) is 0 Å². The molecule has 0 aliphatic rings. The first-order valence-corrected chi connectivity index (χ1v) is 11.6. The lowest BCUT2D eigenvalue weighted by molar-refractivity contribution is -0.387. The van der Waals surface area contributed by atoms with Gasteiger partial charge in [-0.3, -0.25) is 14.9 Å². The number of nitro groups is 1. The van der Waals surface area contributed by atoms with E-state index < -0.39 is 43.3 Å². The topological polar surface area (TPSA) is 133 Å². The smallest absolute Gasteiger partial charge is 0.339 e. The molecule has 0 aliphatic heterocycles. The van der Waals surface area contributed by atoms with Crippen molar-refractivity contribution in [3.05, 3.63) is 99.6 Å². The zero-order valence-corrected chi connectivity index (χ0v) is 18.5. The SMILES string of the molecule is Cc1ccc(NC(=O)[C@@H](OC(=O)c2ccc(S(C)(=O)=O)c([N+](=O)[O-])c2)c2ccccc2)cc1. The number of sulfone groups is 1. The molecule has 0 fully saturated rings. The number of benzene rings is 3. The van der Waals surface area contributed by atoms with Gasteiger partial charge in [0.05, 0.1) is 10.5 Å². The normalized spacial score (nSPS) is 11.9. The molecular formula is C23H20N2O7S. The zero-order valence-electron chi connectivity index (χ0n) is 17.7. The first-order valence-electron chi connectivity index (χ1n) is 9.68. The molecule has 0 saturated carbocycles. The molecule has 0 radical (unpaired) electrons. The first-order chi connectivity index (χ1) is 15.6. The number of hydrogen-bond donors (Lipinski definition) is 1. The maximum absolute atomic E-state index is 12.9. The van der Waals surface area contributed by atoms with Crippen LogP contribution in [0, 0.1) is 17.0 Å². The molecule has 9 nitrogen and oxygen atoms in total. The predicted octanol–water partition coefficient (Wildman–Crippen LogP) is 3.84. The minimum Gasteiger partial charge on any atom is -0.444 e. The van der Waals surface area contributed by atoms with Crippen LogP contribution >= 0.6 is 0 Å². The fourth-order valence-corrected chi connectivity index (χ4v) is 3.85. The van der Waals surface area contributed by atoms with Crippen molar-refractivity contribution in [2.45, 2.75) is 17.9 Å². The quantitative estimate of drug-likeness (QED) is 0.316. The second kappa shape index (κ2) is 9.61. The Hall–Kier alpha value is -4.05. The summed E-state index contributed by atoms with van der Waals surface area (Å²) in [4.78, 5) is 35.7. The number of nitrogens with zero attached hydrogens (tertiary/aromatic N) is 1. The lowest BCUT2D eigenvalue weighted by atomic mass is 10.1. The molecule has 0 spiro atoms. The Bertz CT molecular complexity index is 1300. The fraction of sp³-hybridized carbons (Fsp3) is 0.130. The molecule has 0 heterocycles. The summed E-state index contributed by atoms with van der Waals surface area (Å²) < 4.78 is 29.0. The van der Waals surface area contributed by atoms with Gasteiger partial charge >= 0.3 is 5.97 Å². The Morgan fingerprint density at radius 3 is 2.21 bits per heavy atom. The number of esters is 1. The third-order valence-electron chi connectivity index (χ3n) is 4.68. The van der Waals surface area contributed by atoms with Gasteiger partial charge in [0.15, 0.2) is 9.84 Å². The first kappa shape index (κ1) is 23.6. The summed E-state index contributed by atoms with van der Waals surface area (Å²) in [6.07, 6.45) is -0.526. The minimum atomic E-state index is -3.90. The van der Waals surface area contributed by atoms with E-state index in [-0.39, 0.29) is 5.56 Å². The number of hydrogen-bond acceptors (Lipinski definition) is 7. The largest absolute Gasteiger partial charge is 0.444 e. The molecular weight excluding hydrogens is 448 g/mol. The second-order valence-electron chi connectivity index (χ2n) is 7.26. The Morgan fingerprint density at radius 2 is 1.64 bits per heavy atom. The molecule has 170 valence electrons. The van der Waals surface area contributed by atoms with Gasteiger partial charge in [-0.2, -0.15) is 0 Å². The molecule has 3 aromatic carbocycles. The third-order valence-corrected chi connectivity index (χ3v) is 5.82. The van der Waals surface area contributed by atoms with Crippen LogP contribution in [-0.2, 0) is 19.4 Å². The van der Waals surface area contributed by atoms with E-state index in [0.717, 1.165) is 30.0 Å². The Balaban J connectivity index is 1.92. The number of ether oxygens (including phenoxy) is 1. The average molecular weight is 468 g/mol. The third kappa shape index (κ3) is 5.80. The monoisotopic (exact) mass is 468 g/mol. The highest BCUT2D eigenvalue weighted by Crippen LogP contribution is 2.27. The molecule has 1 amide bonds. The van der Waals surface area contributed by atoms with Crippen LogP contribution in [0.25, 0.3) is 0 Å². The van der Waals surface area contributed by atoms with Gasteiger partial charge in [0.25, 0.3) is 11.6 Å². The van der Waals surface area contributed by atoms with E-state index in [1.54, 1.807) is 42.5 Å². The van der Waals surface area contributed by atoms with Gasteiger partial charge in [0, 0.05) is 23.6 Å². The van der Waals surface area contributed by atoms with E-state index in [1.807, 2.05) is 19.1 Å². The van der Waals surface area contributed by atoms with Gasteiger partial charge < -0.3 is 10.1 Å². The Kier molecular flexibility index (Phi) is 6.88. The highest BCUT2D eigenvalue weighted by molar-refractivity contribution is 7.90. The van der Waals surface area contributed by atoms with Gasteiger partial charge in [-0.15, -0.1) is 0 Å². The van der Waals surface area contributed by atoms with Crippen LogP contribution in [-0.4, -0.2) is 31.5 Å². The van der Waals surface area contributed by atoms with E-state index in [9.17, 15) is 28.1 Å². The van der Waals surface area contributed by atoms with Crippen molar-refractivity contribution in [1.29, 1.82) is 0 Å². The molecule has 10 heteroatoms. The van der Waals surface area contributed by atoms with E-state index in [1.165, 1.54) is 0 Å². The lowest BCUT2D eigenvalue weighted by Gasteiger charge is -2.18. The van der Waals surface area contributed by atoms with Gasteiger partial charge in [0.2, 0.25) is 6.10 Å². The lowest BCUT2D eigenvalue weighted by Crippen LogP contribution is -2.26. The van der Waals surface area contributed by atoms with Crippen molar-refractivity contribution in [2.75, 3.05) is 11.6 Å². The van der Waals surface area contributed by atoms with Crippen LogP contribution < -0.4 is 5.32 Å². The van der Waals surface area contributed by atoms with E-state index >= 15 is 0 Å².